The van der Waals surface area contributed by atoms with Gasteiger partial charge in [0.1, 0.15) is 0 Å². The predicted octanol–water partition coefficient (Wildman–Crippen LogP) is 2.38. The van der Waals surface area contributed by atoms with E-state index in [-0.39, 0.29) is 28.6 Å². The van der Waals surface area contributed by atoms with Crippen molar-refractivity contribution in [2.24, 2.45) is 28.1 Å². The highest BCUT2D eigenvalue weighted by Gasteiger charge is 2.70. The van der Waals surface area contributed by atoms with E-state index in [1.165, 1.54) is 0 Å². The number of nitrogens with zero attached hydrogens (tertiary/aromatic N) is 1. The molecule has 0 spiro atoms. The molecule has 0 aromatic rings. The number of rotatable bonds is 2. The van der Waals surface area contributed by atoms with Gasteiger partial charge in [-0.1, -0.05) is 34.1 Å². The predicted molar refractivity (Wildman–Crippen MR) is 75.0 cm³/mol. The average Bonchev–Trinajstić information content (AvgIpc) is 2.71. The molecule has 20 heavy (non-hydrogen) atoms. The van der Waals surface area contributed by atoms with E-state index in [1.54, 1.807) is 0 Å². The molecule has 2 atom stereocenters. The lowest BCUT2D eigenvalue weighted by atomic mass is 9.81. The van der Waals surface area contributed by atoms with Gasteiger partial charge in [0, 0.05) is 19.0 Å². The Hall–Kier alpha value is -1.06. The number of amides is 1. The Bertz CT molecular complexity index is 468. The van der Waals surface area contributed by atoms with E-state index < -0.39 is 11.4 Å². The Morgan fingerprint density at radius 3 is 2.20 bits per heavy atom. The summed E-state index contributed by atoms with van der Waals surface area (Å²) < 4.78 is 0. The number of carboxylic acid groups (broad SMARTS) is 1. The quantitative estimate of drug-likeness (QED) is 0.844. The minimum atomic E-state index is -0.704. The maximum atomic E-state index is 12.8. The molecule has 2 saturated carbocycles. The van der Waals surface area contributed by atoms with Crippen LogP contribution in [-0.4, -0.2) is 35.0 Å². The number of hydrogen-bond acceptors (Lipinski definition) is 2. The third-order valence-corrected chi connectivity index (χ3v) is 6.88. The third kappa shape index (κ3) is 1.48. The van der Waals surface area contributed by atoms with Crippen molar-refractivity contribution < 1.29 is 14.7 Å². The van der Waals surface area contributed by atoms with Crippen molar-refractivity contribution in [1.82, 2.24) is 4.90 Å². The molecule has 1 aliphatic heterocycles. The maximum absolute atomic E-state index is 12.8. The molecule has 0 bridgehead atoms. The van der Waals surface area contributed by atoms with Crippen LogP contribution in [0.4, 0.5) is 0 Å². The number of likely N-dealkylation sites (tertiary alicyclic amines) is 1. The summed E-state index contributed by atoms with van der Waals surface area (Å²) in [5.41, 5.74) is -0.602. The number of hydrogen-bond donors (Lipinski definition) is 1. The van der Waals surface area contributed by atoms with Crippen molar-refractivity contribution in [2.45, 2.75) is 47.0 Å². The van der Waals surface area contributed by atoms with E-state index in [4.69, 9.17) is 0 Å². The van der Waals surface area contributed by atoms with Crippen molar-refractivity contribution in [3.05, 3.63) is 0 Å². The number of carbonyl (C=O) groups excluding carboxylic acids is 1. The monoisotopic (exact) mass is 279 g/mol. The molecule has 4 nitrogen and oxygen atoms in total. The highest BCUT2D eigenvalue weighted by molar-refractivity contribution is 5.86. The molecule has 0 aromatic carbocycles. The van der Waals surface area contributed by atoms with Gasteiger partial charge in [-0.25, -0.2) is 0 Å². The number of carboxylic acids is 1. The highest BCUT2D eigenvalue weighted by Crippen LogP contribution is 2.69. The van der Waals surface area contributed by atoms with Crippen LogP contribution in [0, 0.1) is 28.1 Å². The smallest absolute Gasteiger partial charge is 0.311 e. The summed E-state index contributed by atoms with van der Waals surface area (Å²) in [6, 6.07) is 0. The summed E-state index contributed by atoms with van der Waals surface area (Å²) in [4.78, 5) is 26.3. The van der Waals surface area contributed by atoms with Gasteiger partial charge < -0.3 is 10.0 Å². The van der Waals surface area contributed by atoms with Crippen LogP contribution in [-0.2, 0) is 9.59 Å². The molecule has 3 aliphatic rings. The first-order valence-electron chi connectivity index (χ1n) is 7.67. The Labute approximate surface area is 120 Å². The van der Waals surface area contributed by atoms with Crippen molar-refractivity contribution in [2.75, 3.05) is 13.1 Å². The second-order valence-corrected chi connectivity index (χ2v) is 8.15. The molecule has 1 N–H and O–H groups in total. The van der Waals surface area contributed by atoms with Gasteiger partial charge in [-0.3, -0.25) is 9.59 Å². The number of aliphatic carboxylic acids is 1. The zero-order valence-electron chi connectivity index (χ0n) is 12.9. The summed E-state index contributed by atoms with van der Waals surface area (Å²) in [6.45, 7) is 9.63. The first kappa shape index (κ1) is 13.9. The summed E-state index contributed by atoms with van der Waals surface area (Å²) in [7, 11) is 0. The molecular formula is C16H25NO3. The van der Waals surface area contributed by atoms with Crippen molar-refractivity contribution in [1.29, 1.82) is 0 Å². The minimum absolute atomic E-state index is 0.0260. The van der Waals surface area contributed by atoms with Gasteiger partial charge in [0.05, 0.1) is 5.41 Å². The first-order valence-corrected chi connectivity index (χ1v) is 7.67. The summed E-state index contributed by atoms with van der Waals surface area (Å²) in [6.07, 6.45) is 2.67. The molecule has 3 fully saturated rings. The molecular weight excluding hydrogens is 254 g/mol. The summed E-state index contributed by atoms with van der Waals surface area (Å²) >= 11 is 0. The van der Waals surface area contributed by atoms with Gasteiger partial charge in [0.15, 0.2) is 0 Å². The van der Waals surface area contributed by atoms with E-state index in [2.05, 4.69) is 27.7 Å². The molecule has 4 heteroatoms. The van der Waals surface area contributed by atoms with Crippen LogP contribution in [0.2, 0.25) is 0 Å². The van der Waals surface area contributed by atoms with E-state index >= 15 is 0 Å². The largest absolute Gasteiger partial charge is 0.481 e. The lowest BCUT2D eigenvalue weighted by molar-refractivity contribution is -0.149. The topological polar surface area (TPSA) is 57.6 Å². The van der Waals surface area contributed by atoms with Crippen molar-refractivity contribution in [3.63, 3.8) is 0 Å². The molecule has 112 valence electrons. The SMILES string of the molecule is CC1(C)C(C(=O)N2C[C@@H]3CCC[C@@]3(C(=O)O)C2)C1(C)C. The van der Waals surface area contributed by atoms with Crippen molar-refractivity contribution >= 4 is 11.9 Å². The molecule has 1 amide bonds. The van der Waals surface area contributed by atoms with Crippen LogP contribution in [0.5, 0.6) is 0 Å². The van der Waals surface area contributed by atoms with Crippen LogP contribution in [0.3, 0.4) is 0 Å². The Kier molecular flexibility index (Phi) is 2.62. The van der Waals surface area contributed by atoms with Gasteiger partial charge in [-0.05, 0) is 29.6 Å². The maximum Gasteiger partial charge on any atom is 0.311 e. The van der Waals surface area contributed by atoms with Gasteiger partial charge in [-0.15, -0.1) is 0 Å². The van der Waals surface area contributed by atoms with Gasteiger partial charge >= 0.3 is 5.97 Å². The number of carbonyl (C=O) groups is 2. The fourth-order valence-corrected chi connectivity index (χ4v) is 4.80. The molecule has 1 heterocycles. The third-order valence-electron chi connectivity index (χ3n) is 6.88. The van der Waals surface area contributed by atoms with Gasteiger partial charge in [-0.2, -0.15) is 0 Å². The fourth-order valence-electron chi connectivity index (χ4n) is 4.80. The fraction of sp³-hybridized carbons (Fsp3) is 0.875. The lowest BCUT2D eigenvalue weighted by Gasteiger charge is -2.23. The summed E-state index contributed by atoms with van der Waals surface area (Å²) in [5, 5.41) is 9.60. The Morgan fingerprint density at radius 1 is 1.15 bits per heavy atom. The highest BCUT2D eigenvalue weighted by atomic mass is 16.4. The molecule has 0 aromatic heterocycles. The zero-order valence-corrected chi connectivity index (χ0v) is 12.9. The van der Waals surface area contributed by atoms with Crippen LogP contribution in [0.15, 0.2) is 0 Å². The van der Waals surface area contributed by atoms with Gasteiger partial charge in [0.2, 0.25) is 5.91 Å². The second kappa shape index (κ2) is 3.77. The second-order valence-electron chi connectivity index (χ2n) is 8.15. The summed E-state index contributed by atoms with van der Waals surface area (Å²) in [5.74, 6) is -0.326. The van der Waals surface area contributed by atoms with E-state index in [0.717, 1.165) is 19.3 Å². The van der Waals surface area contributed by atoms with Crippen LogP contribution in [0.1, 0.15) is 47.0 Å². The van der Waals surface area contributed by atoms with Crippen LogP contribution >= 0.6 is 0 Å². The average molecular weight is 279 g/mol. The van der Waals surface area contributed by atoms with E-state index in [1.807, 2.05) is 4.90 Å². The minimum Gasteiger partial charge on any atom is -0.481 e. The van der Waals surface area contributed by atoms with E-state index in [0.29, 0.717) is 13.1 Å². The first-order chi connectivity index (χ1) is 9.14. The van der Waals surface area contributed by atoms with E-state index in [9.17, 15) is 14.7 Å². The van der Waals surface area contributed by atoms with Crippen LogP contribution < -0.4 is 0 Å². The molecule has 3 rings (SSSR count). The normalized spacial score (nSPS) is 37.8. The lowest BCUT2D eigenvalue weighted by Crippen LogP contribution is -2.38. The van der Waals surface area contributed by atoms with Crippen molar-refractivity contribution in [3.8, 4) is 0 Å². The molecule has 0 radical (unpaired) electrons. The number of fused-ring (bicyclic) bond motifs is 1. The zero-order chi connectivity index (χ0) is 14.9. The Balaban J connectivity index is 1.79. The Morgan fingerprint density at radius 2 is 1.75 bits per heavy atom. The molecule has 0 unspecified atom stereocenters. The van der Waals surface area contributed by atoms with Crippen LogP contribution in [0.25, 0.3) is 0 Å². The molecule has 2 aliphatic carbocycles. The molecule has 1 saturated heterocycles. The van der Waals surface area contributed by atoms with Gasteiger partial charge in [0.25, 0.3) is 0 Å². The standard InChI is InChI=1S/C16H25NO3/c1-14(2)11(15(14,3)4)12(18)17-8-10-6-5-7-16(10,9-17)13(19)20/h10-11H,5-9H2,1-4H3,(H,19,20)/t10-,16+/m0/s1.